The zero-order valence-electron chi connectivity index (χ0n) is 27.4. The molecule has 10 nitrogen and oxygen atoms in total. The predicted molar refractivity (Wildman–Crippen MR) is 186 cm³/mol. The molecule has 2 aliphatic heterocycles. The topological polar surface area (TPSA) is 117 Å². The van der Waals surface area contributed by atoms with Crippen molar-refractivity contribution in [1.29, 1.82) is 5.26 Å². The molecule has 1 atom stereocenters. The Balaban J connectivity index is 1.26. The van der Waals surface area contributed by atoms with E-state index in [4.69, 9.17) is 4.98 Å². The van der Waals surface area contributed by atoms with E-state index in [0.29, 0.717) is 36.7 Å². The van der Waals surface area contributed by atoms with Crippen LogP contribution in [0.4, 0.5) is 5.82 Å². The number of imidazole rings is 1. The summed E-state index contributed by atoms with van der Waals surface area (Å²) >= 11 is 0. The van der Waals surface area contributed by atoms with Gasteiger partial charge in [0.25, 0.3) is 0 Å². The number of amides is 2. The molecule has 10 heteroatoms. The molecule has 242 valence electrons. The lowest BCUT2D eigenvalue weighted by molar-refractivity contribution is -0.131. The first kappa shape index (κ1) is 31.1. The number of likely N-dealkylation sites (tertiary alicyclic amines) is 1. The minimum absolute atomic E-state index is 0.0169. The van der Waals surface area contributed by atoms with Gasteiger partial charge in [0.05, 0.1) is 45.8 Å². The Kier molecular flexibility index (Phi) is 7.71. The fourth-order valence-corrected chi connectivity index (χ4v) is 7.07. The molecule has 0 bridgehead atoms. The van der Waals surface area contributed by atoms with Gasteiger partial charge in [0.1, 0.15) is 5.82 Å². The number of fused-ring (bicyclic) bond motifs is 4. The van der Waals surface area contributed by atoms with Crippen molar-refractivity contribution in [2.45, 2.75) is 44.9 Å². The monoisotopic (exact) mass is 639 g/mol. The Labute approximate surface area is 278 Å². The second-order valence-electron chi connectivity index (χ2n) is 13.3. The molecule has 0 spiro atoms. The van der Waals surface area contributed by atoms with E-state index >= 15 is 0 Å². The Morgan fingerprint density at radius 2 is 1.81 bits per heavy atom. The standard InChI is InChI=1S/C38H37N7O3/c1-5-33(46)43-16-6-9-26(22-43)36(47)44-17-7-8-25-18-27(20-41-35(25)44)24-10-15-31-30(19-24)34-32(21-40-31)42(4)37(48)45(34)29-13-11-28(12-14-29)38(2,3)23-39/h5,10-15,18-21,26H,1,6-9,16-17,22H2,2-4H3. The molecular weight excluding hydrogens is 602 g/mol. The summed E-state index contributed by atoms with van der Waals surface area (Å²) in [5, 5.41) is 10.4. The van der Waals surface area contributed by atoms with Crippen molar-refractivity contribution in [2.75, 3.05) is 24.5 Å². The number of benzene rings is 2. The number of rotatable bonds is 5. The summed E-state index contributed by atoms with van der Waals surface area (Å²) in [6.45, 7) is 8.99. The highest BCUT2D eigenvalue weighted by atomic mass is 16.2. The van der Waals surface area contributed by atoms with Crippen molar-refractivity contribution in [3.05, 3.63) is 95.2 Å². The van der Waals surface area contributed by atoms with Crippen molar-refractivity contribution < 1.29 is 9.59 Å². The Hall–Kier alpha value is -5.56. The third kappa shape index (κ3) is 5.16. The van der Waals surface area contributed by atoms with Gasteiger partial charge in [-0.1, -0.05) is 24.8 Å². The number of nitriles is 1. The highest BCUT2D eigenvalue weighted by Gasteiger charge is 2.34. The van der Waals surface area contributed by atoms with E-state index in [1.54, 1.807) is 38.4 Å². The molecule has 2 aliphatic rings. The average Bonchev–Trinajstić information content (AvgIpc) is 3.39. The van der Waals surface area contributed by atoms with Crippen LogP contribution >= 0.6 is 0 Å². The first-order valence-electron chi connectivity index (χ1n) is 16.4. The summed E-state index contributed by atoms with van der Waals surface area (Å²) < 4.78 is 3.31. The van der Waals surface area contributed by atoms with Gasteiger partial charge < -0.3 is 4.90 Å². The maximum Gasteiger partial charge on any atom is 0.333 e. The van der Waals surface area contributed by atoms with E-state index in [0.717, 1.165) is 64.4 Å². The molecule has 2 aromatic carbocycles. The van der Waals surface area contributed by atoms with Crippen molar-refractivity contribution >= 4 is 39.6 Å². The minimum atomic E-state index is -0.649. The Morgan fingerprint density at radius 1 is 1.02 bits per heavy atom. The Morgan fingerprint density at radius 3 is 2.56 bits per heavy atom. The van der Waals surface area contributed by atoms with E-state index in [1.165, 1.54) is 6.08 Å². The molecular formula is C38H37N7O3. The summed E-state index contributed by atoms with van der Waals surface area (Å²) in [6.07, 6.45) is 8.01. The van der Waals surface area contributed by atoms with Crippen LogP contribution in [0.15, 0.2) is 78.4 Å². The molecule has 7 rings (SSSR count). The number of nitrogens with zero attached hydrogens (tertiary/aromatic N) is 7. The van der Waals surface area contributed by atoms with Crippen LogP contribution in [0.1, 0.15) is 44.2 Å². The molecule has 0 N–H and O–H groups in total. The summed E-state index contributed by atoms with van der Waals surface area (Å²) in [6, 6.07) is 18.0. The van der Waals surface area contributed by atoms with Crippen LogP contribution in [-0.4, -0.2) is 55.5 Å². The van der Waals surface area contributed by atoms with Crippen LogP contribution in [0.2, 0.25) is 0 Å². The lowest BCUT2D eigenvalue weighted by Gasteiger charge is -2.36. The van der Waals surface area contributed by atoms with Crippen LogP contribution in [0.5, 0.6) is 0 Å². The maximum absolute atomic E-state index is 13.7. The fourth-order valence-electron chi connectivity index (χ4n) is 7.07. The third-order valence-electron chi connectivity index (χ3n) is 9.89. The van der Waals surface area contributed by atoms with E-state index in [-0.39, 0.29) is 23.4 Å². The van der Waals surface area contributed by atoms with Gasteiger partial charge in [0.2, 0.25) is 11.8 Å². The molecule has 2 amide bonds. The van der Waals surface area contributed by atoms with Crippen LogP contribution < -0.4 is 10.6 Å². The van der Waals surface area contributed by atoms with Gasteiger partial charge in [-0.2, -0.15) is 5.26 Å². The molecule has 1 saturated heterocycles. The number of aryl methyl sites for hydroxylation is 2. The summed E-state index contributed by atoms with van der Waals surface area (Å²) in [5.41, 5.74) is 5.81. The van der Waals surface area contributed by atoms with Crippen molar-refractivity contribution in [3.63, 3.8) is 0 Å². The molecule has 5 aromatic rings. The lowest BCUT2D eigenvalue weighted by Crippen LogP contribution is -2.48. The van der Waals surface area contributed by atoms with Gasteiger partial charge in [0, 0.05) is 43.8 Å². The van der Waals surface area contributed by atoms with E-state index in [1.807, 2.05) is 50.2 Å². The molecule has 3 aromatic heterocycles. The molecule has 0 radical (unpaired) electrons. The van der Waals surface area contributed by atoms with Crippen LogP contribution in [0, 0.1) is 17.2 Å². The minimum Gasteiger partial charge on any atom is -0.338 e. The number of carbonyl (C=O) groups excluding carboxylic acids is 2. The zero-order valence-corrected chi connectivity index (χ0v) is 27.4. The summed E-state index contributed by atoms with van der Waals surface area (Å²) in [7, 11) is 1.74. The fraction of sp³-hybridized carbons (Fsp3) is 0.316. The summed E-state index contributed by atoms with van der Waals surface area (Å²) in [4.78, 5) is 52.6. The van der Waals surface area contributed by atoms with Crippen molar-refractivity contribution in [2.24, 2.45) is 13.0 Å². The number of aromatic nitrogens is 4. The van der Waals surface area contributed by atoms with Gasteiger partial charge in [-0.15, -0.1) is 0 Å². The second kappa shape index (κ2) is 11.9. The maximum atomic E-state index is 13.7. The van der Waals surface area contributed by atoms with Gasteiger partial charge in [-0.05, 0) is 92.6 Å². The smallest absolute Gasteiger partial charge is 0.333 e. The van der Waals surface area contributed by atoms with E-state index < -0.39 is 5.41 Å². The quantitative estimate of drug-likeness (QED) is 0.236. The Bertz CT molecular complexity index is 2220. The molecule has 1 unspecified atom stereocenters. The SMILES string of the molecule is C=CC(=O)N1CCCC(C(=O)N2CCCc3cc(-c4ccc5ncc6c(c5c4)n(-c4ccc(C(C)(C)C#N)cc4)c(=O)n6C)cnc32)C1. The molecule has 0 aliphatic carbocycles. The first-order valence-corrected chi connectivity index (χ1v) is 16.4. The van der Waals surface area contributed by atoms with E-state index in [9.17, 15) is 19.6 Å². The predicted octanol–water partition coefficient (Wildman–Crippen LogP) is 5.44. The molecule has 48 heavy (non-hydrogen) atoms. The molecule has 0 saturated carbocycles. The van der Waals surface area contributed by atoms with E-state index in [2.05, 4.69) is 29.8 Å². The highest BCUT2D eigenvalue weighted by molar-refractivity contribution is 6.05. The van der Waals surface area contributed by atoms with Crippen molar-refractivity contribution in [3.8, 4) is 22.9 Å². The van der Waals surface area contributed by atoms with Gasteiger partial charge in [-0.3, -0.25) is 28.6 Å². The normalized spacial score (nSPS) is 16.5. The number of hydrogen-bond donors (Lipinski definition) is 0. The highest BCUT2D eigenvalue weighted by Crippen LogP contribution is 2.34. The number of piperidine rings is 1. The van der Waals surface area contributed by atoms with Crippen LogP contribution in [0.3, 0.4) is 0 Å². The molecule has 5 heterocycles. The third-order valence-corrected chi connectivity index (χ3v) is 9.89. The number of hydrogen-bond acceptors (Lipinski definition) is 6. The van der Waals surface area contributed by atoms with Crippen LogP contribution in [-0.2, 0) is 28.5 Å². The summed E-state index contributed by atoms with van der Waals surface area (Å²) in [5.74, 6) is 0.306. The van der Waals surface area contributed by atoms with Gasteiger partial charge in [-0.25, -0.2) is 9.78 Å². The van der Waals surface area contributed by atoms with Gasteiger partial charge in [0.15, 0.2) is 0 Å². The lowest BCUT2D eigenvalue weighted by atomic mass is 9.86. The van der Waals surface area contributed by atoms with Gasteiger partial charge >= 0.3 is 5.69 Å². The van der Waals surface area contributed by atoms with Crippen molar-refractivity contribution in [1.82, 2.24) is 24.0 Å². The average molecular weight is 640 g/mol. The first-order chi connectivity index (χ1) is 23.1. The second-order valence-corrected chi connectivity index (χ2v) is 13.3. The van der Waals surface area contributed by atoms with Crippen LogP contribution in [0.25, 0.3) is 38.8 Å². The number of anilines is 1. The number of pyridine rings is 2. The largest absolute Gasteiger partial charge is 0.338 e. The number of carbonyl (C=O) groups is 2. The molecule has 1 fully saturated rings. The zero-order chi connectivity index (χ0) is 33.7.